The summed E-state index contributed by atoms with van der Waals surface area (Å²) in [7, 11) is 1.50. The van der Waals surface area contributed by atoms with Crippen molar-refractivity contribution in [2.45, 2.75) is 13.0 Å². The molecule has 0 bridgehead atoms. The van der Waals surface area contributed by atoms with Crippen molar-refractivity contribution in [3.8, 4) is 11.5 Å². The van der Waals surface area contributed by atoms with E-state index in [1.165, 1.54) is 13.2 Å². The van der Waals surface area contributed by atoms with Gasteiger partial charge in [0.15, 0.2) is 0 Å². The third-order valence-corrected chi connectivity index (χ3v) is 3.64. The first-order chi connectivity index (χ1) is 10.1. The van der Waals surface area contributed by atoms with Crippen LogP contribution in [-0.4, -0.2) is 13.7 Å². The van der Waals surface area contributed by atoms with E-state index >= 15 is 0 Å². The number of ether oxygens (including phenoxy) is 2. The van der Waals surface area contributed by atoms with Crippen LogP contribution in [0.1, 0.15) is 24.1 Å². The zero-order valence-corrected chi connectivity index (χ0v) is 13.5. The Morgan fingerprint density at radius 3 is 2.67 bits per heavy atom. The molecule has 0 aliphatic rings. The smallest absolute Gasteiger partial charge is 0.132 e. The number of hydrogen-bond donors (Lipinski definition) is 1. The largest absolute Gasteiger partial charge is 0.496 e. The van der Waals surface area contributed by atoms with Crippen LogP contribution in [0.3, 0.4) is 0 Å². The average molecular weight is 354 g/mol. The minimum atomic E-state index is -0.680. The van der Waals surface area contributed by atoms with Gasteiger partial charge < -0.3 is 15.2 Å². The number of halogens is 2. The van der Waals surface area contributed by atoms with Gasteiger partial charge in [-0.15, -0.1) is 0 Å². The van der Waals surface area contributed by atoms with Crippen molar-refractivity contribution in [3.05, 3.63) is 57.8 Å². The van der Waals surface area contributed by atoms with Gasteiger partial charge >= 0.3 is 0 Å². The Hall–Kier alpha value is -1.59. The fourth-order valence-corrected chi connectivity index (χ4v) is 2.58. The van der Waals surface area contributed by atoms with Gasteiger partial charge in [-0.3, -0.25) is 0 Å². The summed E-state index contributed by atoms with van der Waals surface area (Å²) in [5.41, 5.74) is 7.29. The summed E-state index contributed by atoms with van der Waals surface area (Å²) in [5, 5.41) is 0. The standard InChI is InChI=1S/C16H17BrFNO2/c1-3-21-13-8-7-10(17)9-11(13)16(19)15-12(18)5-4-6-14(15)20-2/h4-9,16H,3,19H2,1-2H3. The summed E-state index contributed by atoms with van der Waals surface area (Å²) < 4.78 is 25.8. The van der Waals surface area contributed by atoms with Gasteiger partial charge in [-0.1, -0.05) is 22.0 Å². The van der Waals surface area contributed by atoms with Crippen LogP contribution in [0.4, 0.5) is 4.39 Å². The lowest BCUT2D eigenvalue weighted by Gasteiger charge is -2.20. The Morgan fingerprint density at radius 2 is 2.00 bits per heavy atom. The van der Waals surface area contributed by atoms with Gasteiger partial charge in [-0.05, 0) is 37.3 Å². The van der Waals surface area contributed by atoms with Crippen LogP contribution in [0, 0.1) is 5.82 Å². The second-order valence-electron chi connectivity index (χ2n) is 4.45. The Bertz CT molecular complexity index is 634. The minimum Gasteiger partial charge on any atom is -0.496 e. The quantitative estimate of drug-likeness (QED) is 0.881. The lowest BCUT2D eigenvalue weighted by atomic mass is 9.97. The highest BCUT2D eigenvalue weighted by Gasteiger charge is 2.22. The molecule has 5 heteroatoms. The van der Waals surface area contributed by atoms with Crippen molar-refractivity contribution in [2.75, 3.05) is 13.7 Å². The number of hydrogen-bond acceptors (Lipinski definition) is 3. The summed E-state index contributed by atoms with van der Waals surface area (Å²) in [4.78, 5) is 0. The first-order valence-electron chi connectivity index (χ1n) is 6.58. The Balaban J connectivity index is 2.54. The molecule has 0 saturated heterocycles. The summed E-state index contributed by atoms with van der Waals surface area (Å²) in [6.07, 6.45) is 0. The molecule has 0 heterocycles. The van der Waals surface area contributed by atoms with Crippen LogP contribution in [0.25, 0.3) is 0 Å². The molecule has 0 fully saturated rings. The summed E-state index contributed by atoms with van der Waals surface area (Å²) >= 11 is 3.41. The van der Waals surface area contributed by atoms with Gasteiger partial charge in [0.2, 0.25) is 0 Å². The molecule has 0 radical (unpaired) electrons. The lowest BCUT2D eigenvalue weighted by molar-refractivity contribution is 0.334. The zero-order chi connectivity index (χ0) is 15.4. The Labute approximate surface area is 132 Å². The van der Waals surface area contributed by atoms with E-state index in [1.807, 2.05) is 25.1 Å². The topological polar surface area (TPSA) is 44.5 Å². The van der Waals surface area contributed by atoms with Gasteiger partial charge in [0.05, 0.1) is 25.3 Å². The van der Waals surface area contributed by atoms with Crippen LogP contribution < -0.4 is 15.2 Å². The van der Waals surface area contributed by atoms with Crippen LogP contribution in [0.2, 0.25) is 0 Å². The molecule has 2 N–H and O–H groups in total. The third-order valence-electron chi connectivity index (χ3n) is 3.15. The summed E-state index contributed by atoms with van der Waals surface area (Å²) in [6.45, 7) is 2.40. The molecular formula is C16H17BrFNO2. The predicted molar refractivity (Wildman–Crippen MR) is 84.3 cm³/mol. The average Bonchev–Trinajstić information content (AvgIpc) is 2.48. The normalized spacial score (nSPS) is 12.0. The second kappa shape index (κ2) is 6.91. The highest BCUT2D eigenvalue weighted by atomic mass is 79.9. The first-order valence-corrected chi connectivity index (χ1v) is 7.38. The van der Waals surface area contributed by atoms with Crippen molar-refractivity contribution in [1.29, 1.82) is 0 Å². The van der Waals surface area contributed by atoms with E-state index in [-0.39, 0.29) is 0 Å². The fraction of sp³-hybridized carbons (Fsp3) is 0.250. The number of rotatable bonds is 5. The first kappa shape index (κ1) is 15.8. The maximum Gasteiger partial charge on any atom is 0.132 e. The molecule has 0 aromatic heterocycles. The number of methoxy groups -OCH3 is 1. The molecule has 0 spiro atoms. The van der Waals surface area contributed by atoms with E-state index in [9.17, 15) is 4.39 Å². The van der Waals surface area contributed by atoms with Gasteiger partial charge in [0, 0.05) is 10.0 Å². The molecule has 1 atom stereocenters. The van der Waals surface area contributed by atoms with Crippen molar-refractivity contribution in [1.82, 2.24) is 0 Å². The molecule has 0 saturated carbocycles. The molecule has 2 rings (SSSR count). The Kier molecular flexibility index (Phi) is 5.20. The van der Waals surface area contributed by atoms with E-state index in [0.29, 0.717) is 29.2 Å². The maximum absolute atomic E-state index is 14.2. The van der Waals surface area contributed by atoms with Gasteiger partial charge in [0.25, 0.3) is 0 Å². The van der Waals surface area contributed by atoms with Crippen LogP contribution in [0.5, 0.6) is 11.5 Å². The predicted octanol–water partition coefficient (Wildman–Crippen LogP) is 4.04. The fourth-order valence-electron chi connectivity index (χ4n) is 2.20. The monoisotopic (exact) mass is 353 g/mol. The third kappa shape index (κ3) is 3.36. The maximum atomic E-state index is 14.2. The Morgan fingerprint density at radius 1 is 1.24 bits per heavy atom. The summed E-state index contributed by atoms with van der Waals surface area (Å²) in [6, 6.07) is 9.49. The van der Waals surface area contributed by atoms with Crippen molar-refractivity contribution in [2.24, 2.45) is 5.73 Å². The van der Waals surface area contributed by atoms with Crippen LogP contribution in [0.15, 0.2) is 40.9 Å². The van der Waals surface area contributed by atoms with Gasteiger partial charge in [0.1, 0.15) is 17.3 Å². The molecule has 0 amide bonds. The van der Waals surface area contributed by atoms with E-state index in [4.69, 9.17) is 15.2 Å². The summed E-state index contributed by atoms with van der Waals surface area (Å²) in [5.74, 6) is 0.660. The van der Waals surface area contributed by atoms with Crippen molar-refractivity contribution in [3.63, 3.8) is 0 Å². The van der Waals surface area contributed by atoms with Gasteiger partial charge in [-0.2, -0.15) is 0 Å². The lowest BCUT2D eigenvalue weighted by Crippen LogP contribution is -2.16. The molecule has 2 aromatic rings. The minimum absolute atomic E-state index is 0.319. The molecule has 112 valence electrons. The zero-order valence-electron chi connectivity index (χ0n) is 11.9. The molecule has 0 aliphatic heterocycles. The van der Waals surface area contributed by atoms with E-state index < -0.39 is 11.9 Å². The van der Waals surface area contributed by atoms with Crippen molar-refractivity contribution < 1.29 is 13.9 Å². The van der Waals surface area contributed by atoms with E-state index in [2.05, 4.69) is 15.9 Å². The van der Waals surface area contributed by atoms with Crippen LogP contribution in [-0.2, 0) is 0 Å². The van der Waals surface area contributed by atoms with E-state index in [0.717, 1.165) is 4.47 Å². The van der Waals surface area contributed by atoms with E-state index in [1.54, 1.807) is 12.1 Å². The molecule has 1 unspecified atom stereocenters. The number of benzene rings is 2. The molecular weight excluding hydrogens is 337 g/mol. The second-order valence-corrected chi connectivity index (χ2v) is 5.36. The SMILES string of the molecule is CCOc1ccc(Br)cc1C(N)c1c(F)cccc1OC. The highest BCUT2D eigenvalue weighted by molar-refractivity contribution is 9.10. The molecule has 21 heavy (non-hydrogen) atoms. The molecule has 2 aromatic carbocycles. The van der Waals surface area contributed by atoms with Gasteiger partial charge in [-0.25, -0.2) is 4.39 Å². The highest BCUT2D eigenvalue weighted by Crippen LogP contribution is 2.36. The molecule has 3 nitrogen and oxygen atoms in total. The van der Waals surface area contributed by atoms with Crippen molar-refractivity contribution >= 4 is 15.9 Å². The number of nitrogens with two attached hydrogens (primary N) is 1. The van der Waals surface area contributed by atoms with Crippen LogP contribution >= 0.6 is 15.9 Å². The molecule has 0 aliphatic carbocycles.